The number of nitrogens with one attached hydrogen (secondary N) is 1. The van der Waals surface area contributed by atoms with Crippen LogP contribution in [0.1, 0.15) is 18.7 Å². The van der Waals surface area contributed by atoms with E-state index in [0.29, 0.717) is 11.8 Å². The van der Waals surface area contributed by atoms with Crippen molar-refractivity contribution < 1.29 is 4.52 Å². The zero-order chi connectivity index (χ0) is 12.2. The molecule has 94 valence electrons. The van der Waals surface area contributed by atoms with Crippen molar-refractivity contribution in [3.63, 3.8) is 0 Å². The van der Waals surface area contributed by atoms with Crippen LogP contribution in [0.25, 0.3) is 11.5 Å². The molecule has 0 radical (unpaired) electrons. The van der Waals surface area contributed by atoms with Gasteiger partial charge in [-0.05, 0) is 44.0 Å². The minimum atomic E-state index is 0.557. The maximum absolute atomic E-state index is 5.27. The lowest BCUT2D eigenvalue weighted by Gasteiger charge is -2.20. The van der Waals surface area contributed by atoms with Gasteiger partial charge in [-0.25, -0.2) is 0 Å². The van der Waals surface area contributed by atoms with Crippen LogP contribution in [0.4, 0.5) is 0 Å². The van der Waals surface area contributed by atoms with Gasteiger partial charge in [0.25, 0.3) is 5.89 Å². The standard InChI is InChI=1S/C13H16N4O/c1-3-10(8-14-5-1)7-12-16-13(18-17-12)11-4-2-6-15-9-11/h2,4,6,9-10,14H,1,3,5,7-8H2/t10-/m1/s1. The summed E-state index contributed by atoms with van der Waals surface area (Å²) in [4.78, 5) is 8.48. The zero-order valence-electron chi connectivity index (χ0n) is 10.2. The van der Waals surface area contributed by atoms with Gasteiger partial charge < -0.3 is 9.84 Å². The summed E-state index contributed by atoms with van der Waals surface area (Å²) in [5, 5.41) is 7.44. The molecule has 5 heteroatoms. The number of nitrogens with zero attached hydrogens (tertiary/aromatic N) is 3. The van der Waals surface area contributed by atoms with E-state index < -0.39 is 0 Å². The summed E-state index contributed by atoms with van der Waals surface area (Å²) in [7, 11) is 0. The second kappa shape index (κ2) is 5.27. The van der Waals surface area contributed by atoms with Crippen LogP contribution in [0.15, 0.2) is 29.0 Å². The summed E-state index contributed by atoms with van der Waals surface area (Å²) in [6, 6.07) is 3.79. The first kappa shape index (κ1) is 11.3. The first-order valence-electron chi connectivity index (χ1n) is 6.35. The maximum atomic E-state index is 5.27. The molecular formula is C13H16N4O. The van der Waals surface area contributed by atoms with E-state index in [1.165, 1.54) is 12.8 Å². The Morgan fingerprint density at radius 1 is 1.44 bits per heavy atom. The van der Waals surface area contributed by atoms with Gasteiger partial charge in [0.2, 0.25) is 0 Å². The second-order valence-electron chi connectivity index (χ2n) is 4.67. The summed E-state index contributed by atoms with van der Waals surface area (Å²) < 4.78 is 5.27. The zero-order valence-corrected chi connectivity index (χ0v) is 10.2. The highest BCUT2D eigenvalue weighted by Crippen LogP contribution is 2.18. The largest absolute Gasteiger partial charge is 0.334 e. The predicted octanol–water partition coefficient (Wildman–Crippen LogP) is 1.67. The highest BCUT2D eigenvalue weighted by Gasteiger charge is 2.17. The fraction of sp³-hybridized carbons (Fsp3) is 0.462. The van der Waals surface area contributed by atoms with E-state index in [-0.39, 0.29) is 0 Å². The Balaban J connectivity index is 1.69. The molecular weight excluding hydrogens is 228 g/mol. The Morgan fingerprint density at radius 2 is 2.44 bits per heavy atom. The van der Waals surface area contributed by atoms with E-state index in [9.17, 15) is 0 Å². The molecule has 3 rings (SSSR count). The van der Waals surface area contributed by atoms with Gasteiger partial charge in [-0.1, -0.05) is 5.16 Å². The minimum Gasteiger partial charge on any atom is -0.334 e. The Morgan fingerprint density at radius 3 is 3.22 bits per heavy atom. The van der Waals surface area contributed by atoms with Gasteiger partial charge >= 0.3 is 0 Å². The van der Waals surface area contributed by atoms with Crippen LogP contribution in [0.5, 0.6) is 0 Å². The number of pyridine rings is 1. The van der Waals surface area contributed by atoms with Crippen molar-refractivity contribution in [1.29, 1.82) is 0 Å². The third kappa shape index (κ3) is 2.56. The molecule has 1 saturated heterocycles. The van der Waals surface area contributed by atoms with Gasteiger partial charge in [-0.15, -0.1) is 0 Å². The average molecular weight is 244 g/mol. The summed E-state index contributed by atoms with van der Waals surface area (Å²) in [5.74, 6) is 1.97. The fourth-order valence-electron chi connectivity index (χ4n) is 2.30. The molecule has 0 aromatic carbocycles. The van der Waals surface area contributed by atoms with Gasteiger partial charge in [-0.3, -0.25) is 4.98 Å². The van der Waals surface area contributed by atoms with Crippen molar-refractivity contribution >= 4 is 0 Å². The van der Waals surface area contributed by atoms with Crippen LogP contribution in [-0.2, 0) is 6.42 Å². The summed E-state index contributed by atoms with van der Waals surface area (Å²) in [6.07, 6.45) is 6.83. The number of hydrogen-bond acceptors (Lipinski definition) is 5. The van der Waals surface area contributed by atoms with Gasteiger partial charge in [0.1, 0.15) is 0 Å². The molecule has 1 N–H and O–H groups in total. The van der Waals surface area contributed by atoms with Crippen LogP contribution in [-0.4, -0.2) is 28.2 Å². The normalized spacial score (nSPS) is 19.9. The third-order valence-corrected chi connectivity index (χ3v) is 3.25. The molecule has 2 aromatic heterocycles. The number of aromatic nitrogens is 3. The van der Waals surface area contributed by atoms with Crippen molar-refractivity contribution in [2.24, 2.45) is 5.92 Å². The Labute approximate surface area is 106 Å². The van der Waals surface area contributed by atoms with Crippen LogP contribution in [0.3, 0.4) is 0 Å². The predicted molar refractivity (Wildman–Crippen MR) is 66.8 cm³/mol. The third-order valence-electron chi connectivity index (χ3n) is 3.25. The molecule has 1 fully saturated rings. The minimum absolute atomic E-state index is 0.557. The van der Waals surface area contributed by atoms with Gasteiger partial charge in [0.15, 0.2) is 5.82 Å². The van der Waals surface area contributed by atoms with Crippen molar-refractivity contribution in [2.45, 2.75) is 19.3 Å². The van der Waals surface area contributed by atoms with E-state index in [2.05, 4.69) is 20.4 Å². The van der Waals surface area contributed by atoms with Crippen molar-refractivity contribution in [3.05, 3.63) is 30.4 Å². The van der Waals surface area contributed by atoms with Crippen LogP contribution >= 0.6 is 0 Å². The molecule has 1 aliphatic rings. The topological polar surface area (TPSA) is 63.8 Å². The average Bonchev–Trinajstić information content (AvgIpc) is 2.89. The molecule has 0 spiro atoms. The lowest BCUT2D eigenvalue weighted by Crippen LogP contribution is -2.31. The van der Waals surface area contributed by atoms with E-state index >= 15 is 0 Å². The van der Waals surface area contributed by atoms with E-state index in [1.54, 1.807) is 12.4 Å². The highest BCUT2D eigenvalue weighted by atomic mass is 16.5. The Kier molecular flexibility index (Phi) is 3.32. The molecule has 1 aliphatic heterocycles. The van der Waals surface area contributed by atoms with E-state index in [4.69, 9.17) is 4.52 Å². The molecule has 0 bridgehead atoms. The first-order chi connectivity index (χ1) is 8.92. The molecule has 5 nitrogen and oxygen atoms in total. The van der Waals surface area contributed by atoms with Crippen molar-refractivity contribution in [1.82, 2.24) is 20.4 Å². The van der Waals surface area contributed by atoms with Gasteiger partial charge in [0, 0.05) is 18.8 Å². The quantitative estimate of drug-likeness (QED) is 0.889. The molecule has 0 saturated carbocycles. The molecule has 2 aromatic rings. The highest BCUT2D eigenvalue weighted by molar-refractivity contribution is 5.50. The molecule has 0 unspecified atom stereocenters. The summed E-state index contributed by atoms with van der Waals surface area (Å²) in [6.45, 7) is 2.18. The summed E-state index contributed by atoms with van der Waals surface area (Å²) in [5.41, 5.74) is 0.873. The molecule has 0 aliphatic carbocycles. The Hall–Kier alpha value is -1.75. The second-order valence-corrected chi connectivity index (χ2v) is 4.67. The number of piperidine rings is 1. The Bertz CT molecular complexity index is 491. The SMILES string of the molecule is c1cncc(-c2nc(C[C@H]3CCCNC3)no2)c1. The molecule has 18 heavy (non-hydrogen) atoms. The summed E-state index contributed by atoms with van der Waals surface area (Å²) >= 11 is 0. The van der Waals surface area contributed by atoms with E-state index in [0.717, 1.165) is 30.9 Å². The van der Waals surface area contributed by atoms with Gasteiger partial charge in [-0.2, -0.15) is 4.98 Å². The molecule has 3 heterocycles. The molecule has 1 atom stereocenters. The first-order valence-corrected chi connectivity index (χ1v) is 6.35. The lowest BCUT2D eigenvalue weighted by molar-refractivity contribution is 0.360. The maximum Gasteiger partial charge on any atom is 0.259 e. The van der Waals surface area contributed by atoms with E-state index in [1.807, 2.05) is 12.1 Å². The number of rotatable bonds is 3. The lowest BCUT2D eigenvalue weighted by atomic mass is 9.96. The monoisotopic (exact) mass is 244 g/mol. The fourth-order valence-corrected chi connectivity index (χ4v) is 2.30. The van der Waals surface area contributed by atoms with Gasteiger partial charge in [0.05, 0.1) is 5.56 Å². The number of hydrogen-bond donors (Lipinski definition) is 1. The molecule has 0 amide bonds. The van der Waals surface area contributed by atoms with Crippen LogP contribution in [0.2, 0.25) is 0 Å². The van der Waals surface area contributed by atoms with Crippen molar-refractivity contribution in [3.8, 4) is 11.5 Å². The smallest absolute Gasteiger partial charge is 0.259 e. The van der Waals surface area contributed by atoms with Crippen molar-refractivity contribution in [2.75, 3.05) is 13.1 Å². The van der Waals surface area contributed by atoms with Crippen LogP contribution in [0, 0.1) is 5.92 Å². The van der Waals surface area contributed by atoms with Crippen LogP contribution < -0.4 is 5.32 Å².